The van der Waals surface area contributed by atoms with Crippen molar-refractivity contribution in [3.05, 3.63) is 36.7 Å². The van der Waals surface area contributed by atoms with Crippen molar-refractivity contribution >= 4 is 26.8 Å². The van der Waals surface area contributed by atoms with Gasteiger partial charge in [0, 0.05) is 23.0 Å². The normalized spacial score (nSPS) is 11.0. The number of rotatable bonds is 8. The molecule has 118 valence electrons. The van der Waals surface area contributed by atoms with Crippen LogP contribution in [0.3, 0.4) is 0 Å². The Hall–Kier alpha value is -1.75. The number of allylic oxidation sites excluding steroid dienone is 1. The van der Waals surface area contributed by atoms with E-state index in [4.69, 9.17) is 14.2 Å². The van der Waals surface area contributed by atoms with Crippen molar-refractivity contribution in [3.63, 3.8) is 0 Å². The fourth-order valence-corrected chi connectivity index (χ4v) is 2.42. The SMILES string of the molecule is C/C=C/Oc1ccnc2cc(OCCCCBr)c(OC)cc12. The number of nitrogens with zero attached hydrogens (tertiary/aromatic N) is 1. The summed E-state index contributed by atoms with van der Waals surface area (Å²) in [6, 6.07) is 5.63. The van der Waals surface area contributed by atoms with Crippen LogP contribution in [0.5, 0.6) is 17.2 Å². The molecule has 4 nitrogen and oxygen atoms in total. The van der Waals surface area contributed by atoms with Crippen LogP contribution in [0, 0.1) is 0 Å². The van der Waals surface area contributed by atoms with Crippen LogP contribution >= 0.6 is 15.9 Å². The molecule has 0 N–H and O–H groups in total. The molecule has 0 aliphatic rings. The number of methoxy groups -OCH3 is 1. The number of ether oxygens (including phenoxy) is 3. The van der Waals surface area contributed by atoms with Gasteiger partial charge in [-0.2, -0.15) is 0 Å². The van der Waals surface area contributed by atoms with E-state index < -0.39 is 0 Å². The van der Waals surface area contributed by atoms with E-state index in [0.717, 1.165) is 34.8 Å². The molecule has 22 heavy (non-hydrogen) atoms. The molecule has 1 heterocycles. The van der Waals surface area contributed by atoms with Crippen molar-refractivity contribution in [3.8, 4) is 17.2 Å². The van der Waals surface area contributed by atoms with Crippen molar-refractivity contribution in [1.29, 1.82) is 0 Å². The predicted molar refractivity (Wildman–Crippen MR) is 92.3 cm³/mol. The van der Waals surface area contributed by atoms with Crippen LogP contribution in [0.2, 0.25) is 0 Å². The molecule has 0 saturated carbocycles. The van der Waals surface area contributed by atoms with Gasteiger partial charge in [-0.25, -0.2) is 0 Å². The number of alkyl halides is 1. The summed E-state index contributed by atoms with van der Waals surface area (Å²) >= 11 is 3.42. The Balaban J connectivity index is 2.30. The van der Waals surface area contributed by atoms with Gasteiger partial charge >= 0.3 is 0 Å². The Morgan fingerprint density at radius 2 is 2.05 bits per heavy atom. The van der Waals surface area contributed by atoms with E-state index in [1.807, 2.05) is 31.2 Å². The smallest absolute Gasteiger partial charge is 0.163 e. The van der Waals surface area contributed by atoms with Crippen LogP contribution in [-0.4, -0.2) is 24.0 Å². The van der Waals surface area contributed by atoms with Gasteiger partial charge in [-0.05, 0) is 31.9 Å². The molecule has 1 aromatic heterocycles. The maximum atomic E-state index is 5.82. The summed E-state index contributed by atoms with van der Waals surface area (Å²) in [5.74, 6) is 2.14. The Kier molecular flexibility index (Phi) is 6.52. The van der Waals surface area contributed by atoms with Gasteiger partial charge in [0.15, 0.2) is 11.5 Å². The topological polar surface area (TPSA) is 40.6 Å². The minimum absolute atomic E-state index is 0.655. The molecule has 0 aliphatic heterocycles. The average Bonchev–Trinajstić information content (AvgIpc) is 2.56. The monoisotopic (exact) mass is 365 g/mol. The van der Waals surface area contributed by atoms with Crippen LogP contribution in [0.4, 0.5) is 0 Å². The number of benzene rings is 1. The lowest BCUT2D eigenvalue weighted by Gasteiger charge is -2.13. The number of hydrogen-bond acceptors (Lipinski definition) is 4. The molecule has 0 fully saturated rings. The maximum absolute atomic E-state index is 5.82. The first-order chi connectivity index (χ1) is 10.8. The first-order valence-electron chi connectivity index (χ1n) is 7.23. The largest absolute Gasteiger partial charge is 0.493 e. The zero-order valence-corrected chi connectivity index (χ0v) is 14.4. The minimum atomic E-state index is 0.655. The molecule has 0 amide bonds. The van der Waals surface area contributed by atoms with Gasteiger partial charge < -0.3 is 14.2 Å². The highest BCUT2D eigenvalue weighted by Gasteiger charge is 2.11. The molecule has 1 aromatic carbocycles. The minimum Gasteiger partial charge on any atom is -0.493 e. The standard InChI is InChI=1S/C17H20BrNO3/c1-3-9-21-15-6-8-19-14-12-17(22-10-5-4-7-18)16(20-2)11-13(14)15/h3,6,8-9,11-12H,4-5,7,10H2,1-2H3/b9-3+. The molecular formula is C17H20BrNO3. The Bertz CT molecular complexity index is 643. The first kappa shape index (κ1) is 16.6. The third-order valence-electron chi connectivity index (χ3n) is 3.10. The summed E-state index contributed by atoms with van der Waals surface area (Å²) in [6.45, 7) is 2.56. The molecule has 2 rings (SSSR count). The van der Waals surface area contributed by atoms with Gasteiger partial charge in [-0.1, -0.05) is 22.0 Å². The predicted octanol–water partition coefficient (Wildman–Crippen LogP) is 4.71. The Labute approximate surface area is 139 Å². The summed E-state index contributed by atoms with van der Waals surface area (Å²) in [6.07, 6.45) is 7.28. The van der Waals surface area contributed by atoms with Crippen LogP contribution in [0.1, 0.15) is 19.8 Å². The fourth-order valence-electron chi connectivity index (χ4n) is 2.02. The van der Waals surface area contributed by atoms with Crippen molar-refractivity contribution in [2.45, 2.75) is 19.8 Å². The van der Waals surface area contributed by atoms with Crippen LogP contribution in [0.15, 0.2) is 36.7 Å². The number of fused-ring (bicyclic) bond motifs is 1. The molecular weight excluding hydrogens is 346 g/mol. The maximum Gasteiger partial charge on any atom is 0.163 e. The second-order valence-corrected chi connectivity index (χ2v) is 5.45. The summed E-state index contributed by atoms with van der Waals surface area (Å²) in [7, 11) is 1.63. The van der Waals surface area contributed by atoms with Crippen molar-refractivity contribution in [1.82, 2.24) is 4.98 Å². The van der Waals surface area contributed by atoms with E-state index in [-0.39, 0.29) is 0 Å². The molecule has 0 bridgehead atoms. The van der Waals surface area contributed by atoms with Crippen LogP contribution in [-0.2, 0) is 0 Å². The lowest BCUT2D eigenvalue weighted by molar-refractivity contribution is 0.289. The van der Waals surface area contributed by atoms with E-state index in [1.165, 1.54) is 0 Å². The lowest BCUT2D eigenvalue weighted by Crippen LogP contribution is -2.00. The van der Waals surface area contributed by atoms with Crippen LogP contribution < -0.4 is 14.2 Å². The summed E-state index contributed by atoms with van der Waals surface area (Å²) in [5, 5.41) is 1.88. The highest BCUT2D eigenvalue weighted by Crippen LogP contribution is 2.35. The number of unbranched alkanes of at least 4 members (excludes halogenated alkanes) is 1. The molecule has 0 aliphatic carbocycles. The molecule has 0 unspecified atom stereocenters. The average molecular weight is 366 g/mol. The number of pyridine rings is 1. The van der Waals surface area contributed by atoms with Gasteiger partial charge in [-0.3, -0.25) is 4.98 Å². The van der Waals surface area contributed by atoms with E-state index in [2.05, 4.69) is 20.9 Å². The quantitative estimate of drug-likeness (QED) is 0.385. The highest BCUT2D eigenvalue weighted by molar-refractivity contribution is 9.09. The molecule has 0 radical (unpaired) electrons. The van der Waals surface area contributed by atoms with E-state index in [1.54, 1.807) is 19.6 Å². The van der Waals surface area contributed by atoms with E-state index >= 15 is 0 Å². The second-order valence-electron chi connectivity index (χ2n) is 4.66. The first-order valence-corrected chi connectivity index (χ1v) is 8.35. The highest BCUT2D eigenvalue weighted by atomic mass is 79.9. The summed E-state index contributed by atoms with van der Waals surface area (Å²) in [4.78, 5) is 4.38. The van der Waals surface area contributed by atoms with Gasteiger partial charge in [0.25, 0.3) is 0 Å². The molecule has 2 aromatic rings. The fraction of sp³-hybridized carbons (Fsp3) is 0.353. The summed E-state index contributed by atoms with van der Waals surface area (Å²) < 4.78 is 16.9. The molecule has 0 atom stereocenters. The Morgan fingerprint density at radius 1 is 1.18 bits per heavy atom. The van der Waals surface area contributed by atoms with Crippen LogP contribution in [0.25, 0.3) is 10.9 Å². The van der Waals surface area contributed by atoms with Crippen molar-refractivity contribution in [2.24, 2.45) is 0 Å². The third kappa shape index (κ3) is 4.13. The Morgan fingerprint density at radius 3 is 2.77 bits per heavy atom. The van der Waals surface area contributed by atoms with Crippen molar-refractivity contribution < 1.29 is 14.2 Å². The number of aromatic nitrogens is 1. The molecule has 0 saturated heterocycles. The molecule has 5 heteroatoms. The zero-order valence-electron chi connectivity index (χ0n) is 12.8. The number of hydrogen-bond donors (Lipinski definition) is 0. The summed E-state index contributed by atoms with van der Waals surface area (Å²) in [5.41, 5.74) is 0.818. The van der Waals surface area contributed by atoms with Gasteiger partial charge in [0.05, 0.1) is 25.5 Å². The lowest BCUT2D eigenvalue weighted by atomic mass is 10.2. The van der Waals surface area contributed by atoms with Gasteiger partial charge in [0.1, 0.15) is 5.75 Å². The van der Waals surface area contributed by atoms with E-state index in [0.29, 0.717) is 18.1 Å². The van der Waals surface area contributed by atoms with E-state index in [9.17, 15) is 0 Å². The second kappa shape index (κ2) is 8.63. The van der Waals surface area contributed by atoms with Gasteiger partial charge in [-0.15, -0.1) is 0 Å². The van der Waals surface area contributed by atoms with Crippen molar-refractivity contribution in [2.75, 3.05) is 19.0 Å². The zero-order chi connectivity index (χ0) is 15.8. The number of halogens is 1. The molecule has 0 spiro atoms. The third-order valence-corrected chi connectivity index (χ3v) is 3.66. The van der Waals surface area contributed by atoms with Gasteiger partial charge in [0.2, 0.25) is 0 Å².